The Balaban J connectivity index is 0. The first-order valence-electron chi connectivity index (χ1n) is 1.91. The fourth-order valence-electron chi connectivity index (χ4n) is 0. The maximum absolute atomic E-state index is 2.18. The number of unbranched alkanes of at least 4 members (excludes halogenated alkanes) is 1. The number of hydrogen-bond donors (Lipinski definition) is 0. The third-order valence-corrected chi connectivity index (χ3v) is 0.500. The molecule has 0 aromatic heterocycles. The van der Waals surface area contributed by atoms with Crippen LogP contribution in [-0.2, 0) is 0 Å². The van der Waals surface area contributed by atoms with Gasteiger partial charge in [0.25, 0.3) is 0 Å². The Morgan fingerprint density at radius 1 is 1.00 bits per heavy atom. The van der Waals surface area contributed by atoms with Crippen LogP contribution in [0.1, 0.15) is 26.7 Å². The van der Waals surface area contributed by atoms with E-state index in [1.807, 2.05) is 0 Å². The van der Waals surface area contributed by atoms with Crippen LogP contribution in [0.3, 0.4) is 0 Å². The van der Waals surface area contributed by atoms with Crippen molar-refractivity contribution in [3.05, 3.63) is 0 Å². The SMILES string of the molecule is CCCC.[BaH2]. The molecule has 0 aliphatic carbocycles. The summed E-state index contributed by atoms with van der Waals surface area (Å²) in [6.07, 6.45) is 2.64. The normalized spacial score (nSPS) is 6.00. The van der Waals surface area contributed by atoms with Crippen LogP contribution < -0.4 is 0 Å². The molecule has 0 aromatic rings. The number of hydrogen-bond acceptors (Lipinski definition) is 0. The summed E-state index contributed by atoms with van der Waals surface area (Å²) < 4.78 is 0. The summed E-state index contributed by atoms with van der Waals surface area (Å²) in [5.41, 5.74) is 0. The Morgan fingerprint density at radius 3 is 1.20 bits per heavy atom. The van der Waals surface area contributed by atoms with Crippen LogP contribution in [0.15, 0.2) is 0 Å². The second kappa shape index (κ2) is 9.13. The van der Waals surface area contributed by atoms with Gasteiger partial charge in [-0.3, -0.25) is 0 Å². The first-order chi connectivity index (χ1) is 1.91. The zero-order valence-corrected chi connectivity index (χ0v) is 3.41. The van der Waals surface area contributed by atoms with Crippen LogP contribution in [0, 0.1) is 0 Å². The Kier molecular flexibility index (Phi) is 17.8. The van der Waals surface area contributed by atoms with Crippen molar-refractivity contribution in [3.8, 4) is 0 Å². The fraction of sp³-hybridized carbons (Fsp3) is 1.00. The molecule has 0 bridgehead atoms. The van der Waals surface area contributed by atoms with Crippen molar-refractivity contribution in [2.75, 3.05) is 0 Å². The van der Waals surface area contributed by atoms with Gasteiger partial charge in [-0.2, -0.15) is 0 Å². The molecule has 0 heterocycles. The first kappa shape index (κ1) is 9.76. The molecule has 0 N–H and O–H groups in total. The third kappa shape index (κ3) is 10.7. The molecule has 0 aliphatic rings. The summed E-state index contributed by atoms with van der Waals surface area (Å²) in [5, 5.41) is 0. The second-order valence-electron chi connectivity index (χ2n) is 1.000. The van der Waals surface area contributed by atoms with Crippen molar-refractivity contribution in [3.63, 3.8) is 0 Å². The standard InChI is InChI=1S/C4H10.Ba.2H/c1-3-4-2;;;/h3-4H2,1-2H3;;;. The Hall–Kier alpha value is 1.57. The van der Waals surface area contributed by atoms with Gasteiger partial charge in [0, 0.05) is 0 Å². The summed E-state index contributed by atoms with van der Waals surface area (Å²) in [6, 6.07) is 0. The molecule has 0 atom stereocenters. The van der Waals surface area contributed by atoms with Crippen molar-refractivity contribution >= 4 is 48.9 Å². The summed E-state index contributed by atoms with van der Waals surface area (Å²) >= 11 is 0. The van der Waals surface area contributed by atoms with Gasteiger partial charge in [-0.15, -0.1) is 0 Å². The quantitative estimate of drug-likeness (QED) is 0.548. The maximum atomic E-state index is 2.18. The zero-order valence-electron chi connectivity index (χ0n) is 3.41. The number of rotatable bonds is 1. The van der Waals surface area contributed by atoms with Crippen LogP contribution in [0.5, 0.6) is 0 Å². The van der Waals surface area contributed by atoms with Gasteiger partial charge in [-0.25, -0.2) is 0 Å². The molecule has 0 saturated heterocycles. The van der Waals surface area contributed by atoms with Gasteiger partial charge >= 0.3 is 48.9 Å². The monoisotopic (exact) mass is 198 g/mol. The summed E-state index contributed by atoms with van der Waals surface area (Å²) in [4.78, 5) is 0. The van der Waals surface area contributed by atoms with E-state index in [4.69, 9.17) is 0 Å². The van der Waals surface area contributed by atoms with E-state index in [0.717, 1.165) is 0 Å². The Labute approximate surface area is 74.4 Å². The van der Waals surface area contributed by atoms with Crippen molar-refractivity contribution in [1.82, 2.24) is 0 Å². The van der Waals surface area contributed by atoms with Crippen LogP contribution in [0.2, 0.25) is 0 Å². The summed E-state index contributed by atoms with van der Waals surface area (Å²) in [7, 11) is 0. The van der Waals surface area contributed by atoms with Gasteiger partial charge in [0.05, 0.1) is 0 Å². The van der Waals surface area contributed by atoms with Crippen LogP contribution >= 0.6 is 0 Å². The molecule has 0 rings (SSSR count). The van der Waals surface area contributed by atoms with E-state index in [1.54, 1.807) is 0 Å². The first-order valence-corrected chi connectivity index (χ1v) is 1.91. The van der Waals surface area contributed by atoms with Crippen LogP contribution in [0.25, 0.3) is 0 Å². The average molecular weight is 197 g/mol. The van der Waals surface area contributed by atoms with E-state index in [1.165, 1.54) is 12.8 Å². The molecule has 0 saturated carbocycles. The summed E-state index contributed by atoms with van der Waals surface area (Å²) in [6.45, 7) is 4.36. The second-order valence-corrected chi connectivity index (χ2v) is 1.000. The van der Waals surface area contributed by atoms with E-state index < -0.39 is 0 Å². The van der Waals surface area contributed by atoms with Crippen LogP contribution in [-0.4, -0.2) is 48.9 Å². The zero-order chi connectivity index (χ0) is 3.41. The molecule has 0 radical (unpaired) electrons. The van der Waals surface area contributed by atoms with E-state index in [-0.39, 0.29) is 48.9 Å². The molecule has 0 nitrogen and oxygen atoms in total. The predicted octanol–water partition coefficient (Wildman–Crippen LogP) is 0.890. The Bertz CT molecular complexity index is 5.61. The topological polar surface area (TPSA) is 0 Å². The molecular formula is C4H12Ba. The Morgan fingerprint density at radius 2 is 1.20 bits per heavy atom. The van der Waals surface area contributed by atoms with E-state index in [0.29, 0.717) is 0 Å². The van der Waals surface area contributed by atoms with Crippen molar-refractivity contribution < 1.29 is 0 Å². The van der Waals surface area contributed by atoms with Gasteiger partial charge in [0.2, 0.25) is 0 Å². The third-order valence-electron chi connectivity index (χ3n) is 0.500. The van der Waals surface area contributed by atoms with E-state index >= 15 is 0 Å². The molecule has 5 heavy (non-hydrogen) atoms. The minimum absolute atomic E-state index is 0. The molecule has 0 amide bonds. The molecule has 0 spiro atoms. The van der Waals surface area contributed by atoms with Gasteiger partial charge in [0.15, 0.2) is 0 Å². The van der Waals surface area contributed by atoms with Gasteiger partial charge in [0.1, 0.15) is 0 Å². The average Bonchev–Trinajstić information content (AvgIpc) is 1.37. The molecule has 0 aromatic carbocycles. The fourth-order valence-corrected chi connectivity index (χ4v) is 0. The minimum atomic E-state index is 0. The molecule has 0 fully saturated rings. The molecular weight excluding hydrogens is 185 g/mol. The summed E-state index contributed by atoms with van der Waals surface area (Å²) in [5.74, 6) is 0. The van der Waals surface area contributed by atoms with Crippen molar-refractivity contribution in [1.29, 1.82) is 0 Å². The predicted molar refractivity (Wildman–Crippen MR) is 29.1 cm³/mol. The van der Waals surface area contributed by atoms with E-state index in [9.17, 15) is 0 Å². The van der Waals surface area contributed by atoms with Gasteiger partial charge < -0.3 is 0 Å². The van der Waals surface area contributed by atoms with Gasteiger partial charge in [-0.05, 0) is 0 Å². The van der Waals surface area contributed by atoms with Gasteiger partial charge in [-0.1, -0.05) is 26.7 Å². The van der Waals surface area contributed by atoms with Crippen LogP contribution in [0.4, 0.5) is 0 Å². The molecule has 0 unspecified atom stereocenters. The van der Waals surface area contributed by atoms with Crippen molar-refractivity contribution in [2.45, 2.75) is 26.7 Å². The molecule has 30 valence electrons. The molecule has 1 heteroatoms. The molecule has 0 aliphatic heterocycles. The van der Waals surface area contributed by atoms with E-state index in [2.05, 4.69) is 13.8 Å². The van der Waals surface area contributed by atoms with Crippen molar-refractivity contribution in [2.24, 2.45) is 0 Å².